The van der Waals surface area contributed by atoms with Crippen molar-refractivity contribution >= 4 is 28.1 Å². The number of aromatic nitrogens is 1. The molecule has 7 heteroatoms. The zero-order valence-electron chi connectivity index (χ0n) is 14.3. The summed E-state index contributed by atoms with van der Waals surface area (Å²) in [5.74, 6) is -2.18. The number of fused-ring (bicyclic) bond motifs is 2. The fraction of sp³-hybridized carbons (Fsp3) is 0.316. The number of amides is 1. The molecule has 136 valence electrons. The van der Waals surface area contributed by atoms with Crippen LogP contribution in [0.15, 0.2) is 29.6 Å². The largest absolute Gasteiger partial charge is 0.350 e. The van der Waals surface area contributed by atoms with Gasteiger partial charge in [0, 0.05) is 41.5 Å². The van der Waals surface area contributed by atoms with Gasteiger partial charge in [0.25, 0.3) is 5.91 Å². The number of halogens is 2. The Bertz CT molecular complexity index is 965. The minimum absolute atomic E-state index is 0.0872. The summed E-state index contributed by atoms with van der Waals surface area (Å²) in [6.07, 6.45) is 1.04. The highest BCUT2D eigenvalue weighted by molar-refractivity contribution is 7.10. The Hall–Kier alpha value is -2.25. The first kappa shape index (κ1) is 17.2. The SMILES string of the molecule is CC(CNC(=O)c1cc2c(F)c(F)ccc2[nH]1)N1CCc2sccc2C1. The van der Waals surface area contributed by atoms with Gasteiger partial charge >= 0.3 is 0 Å². The first-order valence-electron chi connectivity index (χ1n) is 8.57. The zero-order chi connectivity index (χ0) is 18.3. The molecule has 3 heterocycles. The van der Waals surface area contributed by atoms with Crippen LogP contribution in [0.3, 0.4) is 0 Å². The van der Waals surface area contributed by atoms with Crippen LogP contribution in [0.5, 0.6) is 0 Å². The minimum Gasteiger partial charge on any atom is -0.350 e. The number of aromatic amines is 1. The smallest absolute Gasteiger partial charge is 0.267 e. The maximum absolute atomic E-state index is 13.8. The van der Waals surface area contributed by atoms with Crippen molar-refractivity contribution in [2.24, 2.45) is 0 Å². The van der Waals surface area contributed by atoms with E-state index in [0.717, 1.165) is 25.6 Å². The molecule has 1 aliphatic heterocycles. The summed E-state index contributed by atoms with van der Waals surface area (Å²) in [4.78, 5) is 19.0. The third-order valence-corrected chi connectivity index (χ3v) is 5.98. The summed E-state index contributed by atoms with van der Waals surface area (Å²) in [6, 6.07) is 6.18. The van der Waals surface area contributed by atoms with Gasteiger partial charge in [-0.25, -0.2) is 8.78 Å². The molecule has 0 saturated carbocycles. The molecule has 1 atom stereocenters. The topological polar surface area (TPSA) is 48.1 Å². The highest BCUT2D eigenvalue weighted by atomic mass is 32.1. The lowest BCUT2D eigenvalue weighted by Gasteiger charge is -2.32. The molecule has 1 aliphatic rings. The maximum Gasteiger partial charge on any atom is 0.267 e. The Morgan fingerprint density at radius 3 is 3.08 bits per heavy atom. The maximum atomic E-state index is 13.8. The van der Waals surface area contributed by atoms with E-state index in [1.807, 2.05) is 0 Å². The van der Waals surface area contributed by atoms with Crippen LogP contribution in [-0.2, 0) is 13.0 Å². The number of carbonyl (C=O) groups is 1. The summed E-state index contributed by atoms with van der Waals surface area (Å²) in [5.41, 5.74) is 2.01. The van der Waals surface area contributed by atoms with Crippen molar-refractivity contribution in [3.8, 4) is 0 Å². The van der Waals surface area contributed by atoms with Gasteiger partial charge < -0.3 is 10.3 Å². The number of carbonyl (C=O) groups excluding carboxylic acids is 1. The number of nitrogens with one attached hydrogen (secondary N) is 2. The van der Waals surface area contributed by atoms with E-state index < -0.39 is 11.6 Å². The number of thiophene rings is 1. The van der Waals surface area contributed by atoms with Crippen LogP contribution >= 0.6 is 11.3 Å². The Morgan fingerprint density at radius 2 is 2.23 bits per heavy atom. The molecule has 0 aliphatic carbocycles. The van der Waals surface area contributed by atoms with Crippen molar-refractivity contribution in [3.63, 3.8) is 0 Å². The first-order valence-corrected chi connectivity index (χ1v) is 9.45. The average Bonchev–Trinajstić information content (AvgIpc) is 3.28. The molecule has 1 unspecified atom stereocenters. The third kappa shape index (κ3) is 3.12. The summed E-state index contributed by atoms with van der Waals surface area (Å²) < 4.78 is 27.1. The van der Waals surface area contributed by atoms with Gasteiger partial charge in [0.05, 0.1) is 0 Å². The molecule has 2 aromatic heterocycles. The van der Waals surface area contributed by atoms with Crippen molar-refractivity contribution in [3.05, 3.63) is 57.4 Å². The van der Waals surface area contributed by atoms with Crippen LogP contribution in [0.4, 0.5) is 8.78 Å². The average molecular weight is 375 g/mol. The van der Waals surface area contributed by atoms with Gasteiger partial charge in [0.2, 0.25) is 0 Å². The van der Waals surface area contributed by atoms with Crippen LogP contribution in [0.25, 0.3) is 10.9 Å². The van der Waals surface area contributed by atoms with Crippen LogP contribution in [0, 0.1) is 11.6 Å². The second-order valence-corrected chi connectivity index (χ2v) is 7.65. The minimum atomic E-state index is -0.939. The fourth-order valence-corrected chi connectivity index (χ4v) is 4.27. The predicted octanol–water partition coefficient (Wildman–Crippen LogP) is 3.68. The molecule has 0 bridgehead atoms. The first-order chi connectivity index (χ1) is 12.5. The fourth-order valence-electron chi connectivity index (χ4n) is 3.38. The van der Waals surface area contributed by atoms with E-state index >= 15 is 0 Å². The summed E-state index contributed by atoms with van der Waals surface area (Å²) in [7, 11) is 0. The van der Waals surface area contributed by atoms with Gasteiger partial charge in [0.1, 0.15) is 5.69 Å². The molecule has 2 N–H and O–H groups in total. The van der Waals surface area contributed by atoms with Crippen molar-refractivity contribution in [1.82, 2.24) is 15.2 Å². The van der Waals surface area contributed by atoms with Crippen molar-refractivity contribution in [2.75, 3.05) is 13.1 Å². The van der Waals surface area contributed by atoms with E-state index in [2.05, 4.69) is 33.6 Å². The van der Waals surface area contributed by atoms with E-state index in [9.17, 15) is 13.6 Å². The van der Waals surface area contributed by atoms with E-state index in [1.165, 1.54) is 22.6 Å². The molecule has 0 radical (unpaired) electrons. The highest BCUT2D eigenvalue weighted by Gasteiger charge is 2.22. The lowest BCUT2D eigenvalue weighted by Crippen LogP contribution is -2.44. The lowest BCUT2D eigenvalue weighted by molar-refractivity contribution is 0.0928. The van der Waals surface area contributed by atoms with Crippen molar-refractivity contribution in [2.45, 2.75) is 25.9 Å². The van der Waals surface area contributed by atoms with Crippen molar-refractivity contribution < 1.29 is 13.6 Å². The number of nitrogens with zero attached hydrogens (tertiary/aromatic N) is 1. The Morgan fingerprint density at radius 1 is 1.38 bits per heavy atom. The highest BCUT2D eigenvalue weighted by Crippen LogP contribution is 2.25. The Labute approximate surface area is 153 Å². The van der Waals surface area contributed by atoms with Crippen LogP contribution in [0.1, 0.15) is 27.9 Å². The van der Waals surface area contributed by atoms with Gasteiger partial charge in [-0.15, -0.1) is 11.3 Å². The van der Waals surface area contributed by atoms with Crippen LogP contribution in [0.2, 0.25) is 0 Å². The Balaban J connectivity index is 1.40. The number of H-pyrrole nitrogens is 1. The lowest BCUT2D eigenvalue weighted by atomic mass is 10.1. The molecular weight excluding hydrogens is 356 g/mol. The quantitative estimate of drug-likeness (QED) is 0.731. The molecule has 26 heavy (non-hydrogen) atoms. The van der Waals surface area contributed by atoms with Crippen molar-refractivity contribution in [1.29, 1.82) is 0 Å². The summed E-state index contributed by atoms with van der Waals surface area (Å²) in [6.45, 7) is 4.44. The summed E-state index contributed by atoms with van der Waals surface area (Å²) in [5, 5.41) is 5.09. The van der Waals surface area contributed by atoms with E-state index in [0.29, 0.717) is 12.1 Å². The summed E-state index contributed by atoms with van der Waals surface area (Å²) >= 11 is 1.80. The van der Waals surface area contributed by atoms with Crippen LogP contribution < -0.4 is 5.32 Å². The number of rotatable bonds is 4. The molecule has 0 saturated heterocycles. The van der Waals surface area contributed by atoms with Crippen LogP contribution in [-0.4, -0.2) is 34.9 Å². The van der Waals surface area contributed by atoms with Gasteiger partial charge in [-0.2, -0.15) is 0 Å². The molecule has 0 fully saturated rings. The van der Waals surface area contributed by atoms with E-state index in [1.54, 1.807) is 11.3 Å². The molecule has 1 amide bonds. The third-order valence-electron chi connectivity index (χ3n) is 4.95. The van der Waals surface area contributed by atoms with Gasteiger partial charge in [-0.05, 0) is 48.6 Å². The monoisotopic (exact) mass is 375 g/mol. The number of hydrogen-bond donors (Lipinski definition) is 2. The predicted molar refractivity (Wildman–Crippen MR) is 98.4 cm³/mol. The van der Waals surface area contributed by atoms with Gasteiger partial charge in [-0.1, -0.05) is 0 Å². The normalized spacial score (nSPS) is 15.8. The second-order valence-electron chi connectivity index (χ2n) is 6.65. The Kier molecular flexibility index (Phi) is 4.50. The van der Waals surface area contributed by atoms with E-state index in [-0.39, 0.29) is 23.0 Å². The van der Waals surface area contributed by atoms with Gasteiger partial charge in [0.15, 0.2) is 11.6 Å². The zero-order valence-corrected chi connectivity index (χ0v) is 15.1. The standard InChI is InChI=1S/C19H19F2N3OS/c1-11(24-6-4-17-12(10-24)5-7-26-17)9-22-19(25)16-8-13-15(23-16)3-2-14(20)18(13)21/h2-3,5,7-8,11,23H,4,6,9-10H2,1H3,(H,22,25). The van der Waals surface area contributed by atoms with Gasteiger partial charge in [-0.3, -0.25) is 9.69 Å². The molecule has 4 nitrogen and oxygen atoms in total. The van der Waals surface area contributed by atoms with E-state index in [4.69, 9.17) is 0 Å². The molecule has 1 aromatic carbocycles. The second kappa shape index (κ2) is 6.81. The molecular formula is C19H19F2N3OS. The molecule has 4 rings (SSSR count). The molecule has 0 spiro atoms. The number of benzene rings is 1. The number of hydrogen-bond acceptors (Lipinski definition) is 3. The molecule has 3 aromatic rings.